The van der Waals surface area contributed by atoms with E-state index in [1.807, 2.05) is 48.0 Å². The molecule has 0 aliphatic carbocycles. The Morgan fingerprint density at radius 1 is 1.19 bits per heavy atom. The average molecular weight is 348 g/mol. The van der Waals surface area contributed by atoms with Gasteiger partial charge in [-0.15, -0.1) is 5.10 Å². The normalized spacial score (nSPS) is 11.0. The highest BCUT2D eigenvalue weighted by Gasteiger charge is 2.12. The first kappa shape index (κ1) is 15.9. The topological polar surface area (TPSA) is 98.7 Å². The Kier molecular flexibility index (Phi) is 4.14. The summed E-state index contributed by atoms with van der Waals surface area (Å²) in [7, 11) is 0. The van der Waals surface area contributed by atoms with Gasteiger partial charge in [0, 0.05) is 17.7 Å². The number of fused-ring (bicyclic) bond motifs is 1. The van der Waals surface area contributed by atoms with E-state index < -0.39 is 0 Å². The third-order valence-corrected chi connectivity index (χ3v) is 3.98. The van der Waals surface area contributed by atoms with Gasteiger partial charge in [-0.1, -0.05) is 28.6 Å². The molecular formula is C18H16N6O2. The summed E-state index contributed by atoms with van der Waals surface area (Å²) in [4.78, 5) is 16.4. The van der Waals surface area contributed by atoms with Crippen LogP contribution in [0.15, 0.2) is 53.1 Å². The zero-order valence-electron chi connectivity index (χ0n) is 14.1. The largest absolute Gasteiger partial charge is 0.343 e. The van der Waals surface area contributed by atoms with Crippen LogP contribution in [0.4, 0.5) is 0 Å². The van der Waals surface area contributed by atoms with E-state index in [4.69, 9.17) is 4.52 Å². The lowest BCUT2D eigenvalue weighted by molar-refractivity contribution is 0.0946. The lowest BCUT2D eigenvalue weighted by atomic mass is 10.2. The maximum Gasteiger partial charge on any atom is 0.251 e. The molecule has 4 aromatic rings. The first-order valence-corrected chi connectivity index (χ1v) is 8.24. The molecule has 0 aliphatic rings. The van der Waals surface area contributed by atoms with Crippen LogP contribution < -0.4 is 5.32 Å². The van der Waals surface area contributed by atoms with E-state index in [0.29, 0.717) is 17.3 Å². The summed E-state index contributed by atoms with van der Waals surface area (Å²) in [5.41, 5.74) is 3.09. The Balaban J connectivity index is 1.48. The maximum atomic E-state index is 12.1. The predicted octanol–water partition coefficient (Wildman–Crippen LogP) is 2.43. The van der Waals surface area contributed by atoms with Gasteiger partial charge in [0.15, 0.2) is 0 Å². The van der Waals surface area contributed by atoms with E-state index in [1.54, 1.807) is 12.1 Å². The number of nitrogens with zero attached hydrogens (tertiary/aromatic N) is 5. The van der Waals surface area contributed by atoms with Crippen molar-refractivity contribution in [3.8, 4) is 11.4 Å². The van der Waals surface area contributed by atoms with Gasteiger partial charge in [0.05, 0.1) is 12.1 Å². The first-order valence-electron chi connectivity index (χ1n) is 8.24. The molecule has 2 heterocycles. The number of rotatable bonds is 5. The van der Waals surface area contributed by atoms with Gasteiger partial charge in [0.25, 0.3) is 5.91 Å². The molecule has 26 heavy (non-hydrogen) atoms. The molecule has 0 unspecified atom stereocenters. The van der Waals surface area contributed by atoms with E-state index in [0.717, 1.165) is 23.1 Å². The van der Waals surface area contributed by atoms with E-state index in [1.165, 1.54) is 0 Å². The van der Waals surface area contributed by atoms with Gasteiger partial charge in [0.1, 0.15) is 5.52 Å². The molecule has 1 N–H and O–H groups in total. The Labute approximate surface area is 148 Å². The van der Waals surface area contributed by atoms with Crippen LogP contribution in [0, 0.1) is 0 Å². The highest BCUT2D eigenvalue weighted by Crippen LogP contribution is 2.21. The highest BCUT2D eigenvalue weighted by molar-refractivity contribution is 5.94. The van der Waals surface area contributed by atoms with Crippen molar-refractivity contribution in [2.75, 3.05) is 0 Å². The molecule has 0 bridgehead atoms. The van der Waals surface area contributed by atoms with Crippen LogP contribution >= 0.6 is 0 Å². The van der Waals surface area contributed by atoms with Gasteiger partial charge in [-0.05, 0) is 37.3 Å². The molecule has 0 fully saturated rings. The SMILES string of the molecule is CCn1nnc2cc(-c3noc(CNC(=O)c4ccccc4)n3)ccc21. The van der Waals surface area contributed by atoms with Crippen LogP contribution in [0.1, 0.15) is 23.2 Å². The molecule has 0 saturated carbocycles. The van der Waals surface area contributed by atoms with Crippen LogP contribution in [-0.4, -0.2) is 31.0 Å². The third-order valence-electron chi connectivity index (χ3n) is 3.98. The maximum absolute atomic E-state index is 12.1. The van der Waals surface area contributed by atoms with Gasteiger partial charge in [-0.3, -0.25) is 4.79 Å². The fourth-order valence-electron chi connectivity index (χ4n) is 2.64. The highest BCUT2D eigenvalue weighted by atomic mass is 16.5. The standard InChI is InChI=1S/C18H16N6O2/c1-2-24-15-9-8-13(10-14(15)21-23-24)17-20-16(26-22-17)11-19-18(25)12-6-4-3-5-7-12/h3-10H,2,11H2,1H3,(H,19,25). The molecule has 8 heteroatoms. The number of hydrogen-bond acceptors (Lipinski definition) is 6. The van der Waals surface area contributed by atoms with Crippen LogP contribution in [0.3, 0.4) is 0 Å². The van der Waals surface area contributed by atoms with Gasteiger partial charge in [-0.2, -0.15) is 4.98 Å². The van der Waals surface area contributed by atoms with E-state index >= 15 is 0 Å². The number of benzene rings is 2. The second kappa shape index (κ2) is 6.75. The fourth-order valence-corrected chi connectivity index (χ4v) is 2.64. The van der Waals surface area contributed by atoms with Crippen LogP contribution in [0.2, 0.25) is 0 Å². The average Bonchev–Trinajstić information content (AvgIpc) is 3.33. The summed E-state index contributed by atoms with van der Waals surface area (Å²) in [5.74, 6) is 0.589. The Morgan fingerprint density at radius 2 is 2.04 bits per heavy atom. The zero-order chi connectivity index (χ0) is 17.9. The molecule has 0 spiro atoms. The van der Waals surface area contributed by atoms with Crippen molar-refractivity contribution in [3.63, 3.8) is 0 Å². The van der Waals surface area contributed by atoms with Crippen molar-refractivity contribution in [1.82, 2.24) is 30.5 Å². The fraction of sp³-hybridized carbons (Fsp3) is 0.167. The van der Waals surface area contributed by atoms with Gasteiger partial charge >= 0.3 is 0 Å². The summed E-state index contributed by atoms with van der Waals surface area (Å²) >= 11 is 0. The molecule has 0 aliphatic heterocycles. The van der Waals surface area contributed by atoms with E-state index in [2.05, 4.69) is 25.8 Å². The van der Waals surface area contributed by atoms with Crippen molar-refractivity contribution in [2.24, 2.45) is 0 Å². The van der Waals surface area contributed by atoms with Gasteiger partial charge < -0.3 is 9.84 Å². The number of nitrogens with one attached hydrogen (secondary N) is 1. The minimum Gasteiger partial charge on any atom is -0.343 e. The zero-order valence-corrected chi connectivity index (χ0v) is 14.1. The number of amides is 1. The van der Waals surface area contributed by atoms with E-state index in [-0.39, 0.29) is 12.5 Å². The van der Waals surface area contributed by atoms with E-state index in [9.17, 15) is 4.79 Å². The van der Waals surface area contributed by atoms with Gasteiger partial charge in [0.2, 0.25) is 11.7 Å². The number of aryl methyl sites for hydroxylation is 1. The minimum absolute atomic E-state index is 0.162. The van der Waals surface area contributed by atoms with Crippen molar-refractivity contribution in [3.05, 3.63) is 60.0 Å². The Morgan fingerprint density at radius 3 is 2.85 bits per heavy atom. The van der Waals surface area contributed by atoms with Crippen molar-refractivity contribution < 1.29 is 9.32 Å². The Bertz CT molecular complexity index is 1050. The minimum atomic E-state index is -0.192. The summed E-state index contributed by atoms with van der Waals surface area (Å²) in [6, 6.07) is 14.7. The lowest BCUT2D eigenvalue weighted by Crippen LogP contribution is -2.22. The summed E-state index contributed by atoms with van der Waals surface area (Å²) in [6.45, 7) is 2.93. The van der Waals surface area contributed by atoms with Crippen LogP contribution in [-0.2, 0) is 13.1 Å². The molecule has 1 amide bonds. The summed E-state index contributed by atoms with van der Waals surface area (Å²) in [5, 5.41) is 15.0. The molecule has 0 radical (unpaired) electrons. The van der Waals surface area contributed by atoms with Crippen molar-refractivity contribution in [2.45, 2.75) is 20.0 Å². The van der Waals surface area contributed by atoms with Crippen LogP contribution in [0.5, 0.6) is 0 Å². The summed E-state index contributed by atoms with van der Waals surface area (Å²) < 4.78 is 7.05. The molecule has 2 aromatic carbocycles. The monoisotopic (exact) mass is 348 g/mol. The second-order valence-corrected chi connectivity index (χ2v) is 5.67. The summed E-state index contributed by atoms with van der Waals surface area (Å²) in [6.07, 6.45) is 0. The van der Waals surface area contributed by atoms with Gasteiger partial charge in [-0.25, -0.2) is 4.68 Å². The second-order valence-electron chi connectivity index (χ2n) is 5.67. The first-order chi connectivity index (χ1) is 12.7. The quantitative estimate of drug-likeness (QED) is 0.595. The molecule has 130 valence electrons. The Hall–Kier alpha value is -3.55. The van der Waals surface area contributed by atoms with Crippen molar-refractivity contribution >= 4 is 16.9 Å². The number of carbonyl (C=O) groups excluding carboxylic acids is 1. The third kappa shape index (κ3) is 3.04. The van der Waals surface area contributed by atoms with Crippen molar-refractivity contribution in [1.29, 1.82) is 0 Å². The molecule has 4 rings (SSSR count). The molecular weight excluding hydrogens is 332 g/mol. The lowest BCUT2D eigenvalue weighted by Gasteiger charge is -2.01. The number of carbonyl (C=O) groups is 1. The molecule has 2 aromatic heterocycles. The molecule has 0 atom stereocenters. The van der Waals surface area contributed by atoms with Crippen LogP contribution in [0.25, 0.3) is 22.4 Å². The number of hydrogen-bond donors (Lipinski definition) is 1. The molecule has 8 nitrogen and oxygen atoms in total. The smallest absolute Gasteiger partial charge is 0.251 e. The number of aromatic nitrogens is 5. The molecule has 0 saturated heterocycles. The predicted molar refractivity (Wildman–Crippen MR) is 94.1 cm³/mol.